The molecule has 4 heterocycles. The van der Waals surface area contributed by atoms with Gasteiger partial charge in [0, 0.05) is 24.8 Å². The fourth-order valence-electron chi connectivity index (χ4n) is 4.18. The van der Waals surface area contributed by atoms with Crippen LogP contribution in [-0.4, -0.2) is 31.9 Å². The number of anilines is 1. The minimum atomic E-state index is -0.217. The van der Waals surface area contributed by atoms with E-state index in [1.165, 1.54) is 16.2 Å². The van der Waals surface area contributed by atoms with Crippen molar-refractivity contribution in [3.05, 3.63) is 93.0 Å². The van der Waals surface area contributed by atoms with E-state index in [9.17, 15) is 9.59 Å². The van der Waals surface area contributed by atoms with Crippen LogP contribution in [0.4, 0.5) is 5.82 Å². The maximum Gasteiger partial charge on any atom is 0.270 e. The van der Waals surface area contributed by atoms with E-state index in [1.54, 1.807) is 12.1 Å². The number of hydrogen-bond donors (Lipinski definition) is 2. The average Bonchev–Trinajstić information content (AvgIpc) is 3.15. The number of H-pyrrole nitrogens is 1. The molecule has 7 nitrogen and oxygen atoms in total. The van der Waals surface area contributed by atoms with Crippen molar-refractivity contribution in [2.24, 2.45) is 0 Å². The Bertz CT molecular complexity index is 1330. The van der Waals surface area contributed by atoms with Crippen LogP contribution in [0.5, 0.6) is 0 Å². The number of rotatable bonds is 3. The molecule has 0 saturated carbocycles. The van der Waals surface area contributed by atoms with E-state index in [2.05, 4.69) is 22.1 Å². The molecule has 0 saturated heterocycles. The van der Waals surface area contributed by atoms with Gasteiger partial charge in [-0.25, -0.2) is 4.98 Å². The van der Waals surface area contributed by atoms with Crippen LogP contribution in [0.25, 0.3) is 11.0 Å². The Morgan fingerprint density at radius 3 is 2.77 bits per heavy atom. The Kier molecular flexibility index (Phi) is 4.58. The summed E-state index contributed by atoms with van der Waals surface area (Å²) in [6, 6.07) is 16.8. The lowest BCUT2D eigenvalue weighted by molar-refractivity contribution is 0.0722. The predicted octanol–water partition coefficient (Wildman–Crippen LogP) is 2.86. The van der Waals surface area contributed by atoms with Crippen LogP contribution >= 0.6 is 0 Å². The topological polar surface area (TPSA) is 97.0 Å². The second-order valence-electron chi connectivity index (χ2n) is 8.00. The first-order chi connectivity index (χ1) is 15.0. The molecular weight excluding hydrogens is 390 g/mol. The summed E-state index contributed by atoms with van der Waals surface area (Å²) >= 11 is 0. The number of nitrogen functional groups attached to an aromatic ring is 1. The number of benzene rings is 1. The fraction of sp³-hybridized carbons (Fsp3) is 0.208. The quantitative estimate of drug-likeness (QED) is 0.540. The number of aromatic nitrogens is 3. The van der Waals surface area contributed by atoms with E-state index in [4.69, 9.17) is 5.73 Å². The van der Waals surface area contributed by atoms with Crippen molar-refractivity contribution in [3.8, 4) is 0 Å². The van der Waals surface area contributed by atoms with E-state index in [1.807, 2.05) is 36.1 Å². The van der Waals surface area contributed by atoms with Crippen LogP contribution in [0, 0.1) is 6.92 Å². The van der Waals surface area contributed by atoms with Crippen molar-refractivity contribution < 1.29 is 4.79 Å². The summed E-state index contributed by atoms with van der Waals surface area (Å²) in [7, 11) is 0. The third-order valence-corrected chi connectivity index (χ3v) is 5.90. The summed E-state index contributed by atoms with van der Waals surface area (Å²) in [5.74, 6) is 0.345. The number of aromatic amines is 1. The van der Waals surface area contributed by atoms with Crippen LogP contribution in [0.2, 0.25) is 0 Å². The van der Waals surface area contributed by atoms with Gasteiger partial charge in [-0.3, -0.25) is 14.2 Å². The number of aryl methyl sites for hydroxylation is 1. The van der Waals surface area contributed by atoms with Gasteiger partial charge >= 0.3 is 0 Å². The first-order valence-corrected chi connectivity index (χ1v) is 10.3. The fourth-order valence-corrected chi connectivity index (χ4v) is 4.18. The highest BCUT2D eigenvalue weighted by molar-refractivity contribution is 5.92. The molecule has 1 aliphatic rings. The minimum absolute atomic E-state index is 0.137. The van der Waals surface area contributed by atoms with Gasteiger partial charge in [-0.2, -0.15) is 0 Å². The van der Waals surface area contributed by atoms with Crippen LogP contribution in [-0.2, 0) is 19.5 Å². The number of carbonyl (C=O) groups is 1. The van der Waals surface area contributed by atoms with Gasteiger partial charge in [-0.15, -0.1) is 0 Å². The zero-order valence-corrected chi connectivity index (χ0v) is 17.3. The van der Waals surface area contributed by atoms with Crippen LogP contribution in [0.15, 0.2) is 59.4 Å². The first kappa shape index (κ1) is 19.1. The van der Waals surface area contributed by atoms with E-state index < -0.39 is 0 Å². The van der Waals surface area contributed by atoms with Gasteiger partial charge in [0.1, 0.15) is 11.5 Å². The molecule has 3 aromatic heterocycles. The zero-order chi connectivity index (χ0) is 21.5. The number of amides is 1. The van der Waals surface area contributed by atoms with Crippen molar-refractivity contribution >= 4 is 22.8 Å². The Balaban J connectivity index is 1.47. The van der Waals surface area contributed by atoms with Crippen LogP contribution in [0.1, 0.15) is 32.9 Å². The molecule has 1 aliphatic heterocycles. The van der Waals surface area contributed by atoms with Gasteiger partial charge in [-0.05, 0) is 48.2 Å². The first-order valence-electron chi connectivity index (χ1n) is 10.3. The molecule has 3 N–H and O–H groups in total. The molecule has 1 amide bonds. The van der Waals surface area contributed by atoms with E-state index in [-0.39, 0.29) is 18.0 Å². The third kappa shape index (κ3) is 3.48. The number of nitrogens with two attached hydrogens (primary N) is 1. The lowest BCUT2D eigenvalue weighted by atomic mass is 10.00. The minimum Gasteiger partial charge on any atom is -0.383 e. The molecule has 1 aromatic carbocycles. The molecule has 0 atom stereocenters. The molecule has 31 heavy (non-hydrogen) atoms. The Hall–Kier alpha value is -3.87. The van der Waals surface area contributed by atoms with Gasteiger partial charge in [-0.1, -0.05) is 30.3 Å². The third-order valence-electron chi connectivity index (χ3n) is 5.90. The van der Waals surface area contributed by atoms with E-state index in [0.717, 1.165) is 34.3 Å². The Morgan fingerprint density at radius 2 is 1.94 bits per heavy atom. The number of nitrogens with zero attached hydrogens (tertiary/aromatic N) is 3. The summed E-state index contributed by atoms with van der Waals surface area (Å²) in [6.45, 7) is 3.33. The summed E-state index contributed by atoms with van der Waals surface area (Å²) in [5, 5.41) is 0. The SMILES string of the molecule is Cc1cc2[nH]c(Cn3c(C(=O)N4CCc5ccccc5C4)cccc3=O)cc2nc1N. The van der Waals surface area contributed by atoms with Gasteiger partial charge in [0.2, 0.25) is 0 Å². The Morgan fingerprint density at radius 1 is 1.13 bits per heavy atom. The molecule has 0 aliphatic carbocycles. The summed E-state index contributed by atoms with van der Waals surface area (Å²) in [4.78, 5) is 35.6. The highest BCUT2D eigenvalue weighted by Crippen LogP contribution is 2.21. The van der Waals surface area contributed by atoms with Crippen molar-refractivity contribution in [1.29, 1.82) is 0 Å². The van der Waals surface area contributed by atoms with Crippen molar-refractivity contribution in [3.63, 3.8) is 0 Å². The standard InChI is InChI=1S/C24H23N5O2/c1-15-11-19-20(27-23(15)25)12-18(26-19)14-29-21(7-4-8-22(29)30)24(31)28-10-9-16-5-2-3-6-17(16)13-28/h2-8,11-12,26H,9-10,13-14H2,1H3,(H2,25,27). The number of fused-ring (bicyclic) bond motifs is 2. The Labute approximate surface area is 179 Å². The van der Waals surface area contributed by atoms with E-state index >= 15 is 0 Å². The molecular formula is C24H23N5O2. The molecule has 0 fully saturated rings. The lowest BCUT2D eigenvalue weighted by Gasteiger charge is -2.29. The molecule has 5 rings (SSSR count). The smallest absolute Gasteiger partial charge is 0.270 e. The molecule has 0 unspecified atom stereocenters. The summed E-state index contributed by atoms with van der Waals surface area (Å²) < 4.78 is 1.52. The highest BCUT2D eigenvalue weighted by Gasteiger charge is 2.24. The van der Waals surface area contributed by atoms with Crippen molar-refractivity contribution in [2.75, 3.05) is 12.3 Å². The maximum absolute atomic E-state index is 13.4. The van der Waals surface area contributed by atoms with Crippen molar-refractivity contribution in [2.45, 2.75) is 26.4 Å². The highest BCUT2D eigenvalue weighted by atomic mass is 16.2. The van der Waals surface area contributed by atoms with Gasteiger partial charge in [0.15, 0.2) is 0 Å². The molecule has 0 bridgehead atoms. The molecule has 156 valence electrons. The largest absolute Gasteiger partial charge is 0.383 e. The second-order valence-corrected chi connectivity index (χ2v) is 8.00. The maximum atomic E-state index is 13.4. The van der Waals surface area contributed by atoms with Crippen LogP contribution < -0.4 is 11.3 Å². The summed E-state index contributed by atoms with van der Waals surface area (Å²) in [5.41, 5.74) is 11.8. The van der Waals surface area contributed by atoms with Crippen molar-refractivity contribution in [1.82, 2.24) is 19.4 Å². The number of pyridine rings is 2. The van der Waals surface area contributed by atoms with Gasteiger partial charge < -0.3 is 15.6 Å². The monoisotopic (exact) mass is 413 g/mol. The number of nitrogens with one attached hydrogen (secondary N) is 1. The number of carbonyl (C=O) groups excluding carboxylic acids is 1. The second kappa shape index (κ2) is 7.43. The number of hydrogen-bond acceptors (Lipinski definition) is 4. The molecule has 4 aromatic rings. The predicted molar refractivity (Wildman–Crippen MR) is 120 cm³/mol. The molecule has 7 heteroatoms. The van der Waals surface area contributed by atoms with E-state index in [0.29, 0.717) is 24.6 Å². The average molecular weight is 413 g/mol. The normalized spacial score (nSPS) is 13.4. The van der Waals surface area contributed by atoms with Gasteiger partial charge in [0.25, 0.3) is 11.5 Å². The lowest BCUT2D eigenvalue weighted by Crippen LogP contribution is -2.39. The summed E-state index contributed by atoms with van der Waals surface area (Å²) in [6.07, 6.45) is 0.813. The zero-order valence-electron chi connectivity index (χ0n) is 17.3. The van der Waals surface area contributed by atoms with Gasteiger partial charge in [0.05, 0.1) is 17.6 Å². The van der Waals surface area contributed by atoms with Crippen LogP contribution in [0.3, 0.4) is 0 Å². The molecule has 0 radical (unpaired) electrons. The molecule has 0 spiro atoms.